The molecule has 0 spiro atoms. The van der Waals surface area contributed by atoms with Gasteiger partial charge < -0.3 is 14.2 Å². The summed E-state index contributed by atoms with van der Waals surface area (Å²) in [5.41, 5.74) is 2.19. The molecule has 1 aliphatic carbocycles. The van der Waals surface area contributed by atoms with Crippen LogP contribution in [0.25, 0.3) is 0 Å². The van der Waals surface area contributed by atoms with Crippen LogP contribution in [0.5, 0.6) is 0 Å². The lowest BCUT2D eigenvalue weighted by atomic mass is 9.84. The fourth-order valence-electron chi connectivity index (χ4n) is 3.91. The number of hydrogen-bond donors (Lipinski definition) is 0. The maximum atomic E-state index is 12.7. The molecule has 2 heterocycles. The van der Waals surface area contributed by atoms with E-state index in [2.05, 4.69) is 33.9 Å². The van der Waals surface area contributed by atoms with Gasteiger partial charge in [-0.15, -0.1) is 0 Å². The minimum Gasteiger partial charge on any atom is -0.490 e. The highest BCUT2D eigenvalue weighted by Crippen LogP contribution is 2.42. The van der Waals surface area contributed by atoms with Gasteiger partial charge in [-0.3, -0.25) is 4.79 Å². The van der Waals surface area contributed by atoms with Gasteiger partial charge in [0.05, 0.1) is 12.3 Å². The smallest absolute Gasteiger partial charge is 0.334 e. The van der Waals surface area contributed by atoms with Crippen LogP contribution < -0.4 is 0 Å². The van der Waals surface area contributed by atoms with Crippen molar-refractivity contribution in [1.82, 2.24) is 0 Å². The molecule has 0 aromatic rings. The molecule has 0 aromatic heterocycles. The van der Waals surface area contributed by atoms with Crippen molar-refractivity contribution < 1.29 is 23.8 Å². The summed E-state index contributed by atoms with van der Waals surface area (Å²) >= 11 is 0. The van der Waals surface area contributed by atoms with Gasteiger partial charge in [-0.05, 0) is 30.1 Å². The van der Waals surface area contributed by atoms with E-state index in [4.69, 9.17) is 14.2 Å². The van der Waals surface area contributed by atoms with Crippen molar-refractivity contribution >= 4 is 11.9 Å². The summed E-state index contributed by atoms with van der Waals surface area (Å²) in [7, 11) is 0. The van der Waals surface area contributed by atoms with E-state index in [0.29, 0.717) is 36.2 Å². The first-order valence-corrected chi connectivity index (χ1v) is 9.93. The number of esters is 2. The minimum absolute atomic E-state index is 0.123. The molecule has 3 aliphatic rings. The average Bonchev–Trinajstić information content (AvgIpc) is 3.05. The third-order valence-corrected chi connectivity index (χ3v) is 5.96. The Labute approximate surface area is 167 Å². The zero-order chi connectivity index (χ0) is 20.6. The summed E-state index contributed by atoms with van der Waals surface area (Å²) in [5, 5.41) is 0. The second-order valence-corrected chi connectivity index (χ2v) is 8.84. The number of carbonyl (C=O) groups excluding carboxylic acids is 2. The number of carbonyl (C=O) groups is 2. The van der Waals surface area contributed by atoms with Crippen molar-refractivity contribution in [2.75, 3.05) is 0 Å². The van der Waals surface area contributed by atoms with Gasteiger partial charge in [0.15, 0.2) is 0 Å². The Balaban J connectivity index is 1.90. The maximum Gasteiger partial charge on any atom is 0.334 e. The predicted molar refractivity (Wildman–Crippen MR) is 106 cm³/mol. The van der Waals surface area contributed by atoms with Crippen LogP contribution in [0.15, 0.2) is 47.8 Å². The quantitative estimate of drug-likeness (QED) is 0.529. The SMILES string of the molecule is C=C1OC2CC3=C[C@@H](C/C(C)=C/[C@@H](OC(=O)CC(C)(C)CC)[C@@H]2C1=C)OC3=O. The first kappa shape index (κ1) is 20.4. The largest absolute Gasteiger partial charge is 0.490 e. The molecule has 1 saturated heterocycles. The lowest BCUT2D eigenvalue weighted by molar-refractivity contribution is -0.152. The van der Waals surface area contributed by atoms with Crippen LogP contribution in [0.4, 0.5) is 0 Å². The van der Waals surface area contributed by atoms with Gasteiger partial charge in [0.2, 0.25) is 0 Å². The fourth-order valence-corrected chi connectivity index (χ4v) is 3.91. The Morgan fingerprint density at radius 1 is 1.25 bits per heavy atom. The van der Waals surface area contributed by atoms with E-state index in [9.17, 15) is 9.59 Å². The third-order valence-electron chi connectivity index (χ3n) is 5.96. The third kappa shape index (κ3) is 4.23. The van der Waals surface area contributed by atoms with E-state index in [-0.39, 0.29) is 35.5 Å². The number of rotatable bonds is 4. The molecule has 152 valence electrons. The summed E-state index contributed by atoms with van der Waals surface area (Å²) in [6.45, 7) is 16.2. The van der Waals surface area contributed by atoms with Crippen LogP contribution in [-0.4, -0.2) is 30.3 Å². The summed E-state index contributed by atoms with van der Waals surface area (Å²) in [6, 6.07) is 0. The van der Waals surface area contributed by atoms with Crippen LogP contribution >= 0.6 is 0 Å². The summed E-state index contributed by atoms with van der Waals surface area (Å²) < 4.78 is 17.3. The van der Waals surface area contributed by atoms with E-state index in [1.165, 1.54) is 0 Å². The Morgan fingerprint density at radius 3 is 2.64 bits per heavy atom. The zero-order valence-electron chi connectivity index (χ0n) is 17.2. The van der Waals surface area contributed by atoms with Crippen LogP contribution in [-0.2, 0) is 23.8 Å². The molecule has 0 radical (unpaired) electrons. The summed E-state index contributed by atoms with van der Waals surface area (Å²) in [4.78, 5) is 24.9. The molecule has 5 nitrogen and oxygen atoms in total. The first-order chi connectivity index (χ1) is 13.1. The van der Waals surface area contributed by atoms with Crippen molar-refractivity contribution in [2.45, 2.75) is 71.7 Å². The van der Waals surface area contributed by atoms with Crippen molar-refractivity contribution in [1.29, 1.82) is 0 Å². The molecule has 0 N–H and O–H groups in total. The molecule has 1 unspecified atom stereocenters. The monoisotopic (exact) mass is 386 g/mol. The average molecular weight is 386 g/mol. The normalized spacial score (nSPS) is 31.9. The molecular formula is C23H30O5. The maximum absolute atomic E-state index is 12.7. The summed E-state index contributed by atoms with van der Waals surface area (Å²) in [6.07, 6.45) is 4.87. The molecule has 2 bridgehead atoms. The highest BCUT2D eigenvalue weighted by atomic mass is 16.6. The molecular weight excluding hydrogens is 356 g/mol. The fraction of sp³-hybridized carbons (Fsp3) is 0.565. The molecule has 0 aromatic carbocycles. The Kier molecular flexibility index (Phi) is 5.55. The van der Waals surface area contributed by atoms with E-state index in [0.717, 1.165) is 12.0 Å². The zero-order valence-corrected chi connectivity index (χ0v) is 17.2. The lowest BCUT2D eigenvalue weighted by Gasteiger charge is -2.28. The van der Waals surface area contributed by atoms with E-state index in [1.54, 1.807) is 0 Å². The second kappa shape index (κ2) is 7.61. The molecule has 0 amide bonds. The molecule has 2 aliphatic heterocycles. The number of allylic oxidation sites excluding steroid dienone is 1. The van der Waals surface area contributed by atoms with Crippen molar-refractivity contribution in [2.24, 2.45) is 11.3 Å². The molecule has 3 rings (SSSR count). The van der Waals surface area contributed by atoms with Crippen LogP contribution in [0.1, 0.15) is 53.4 Å². The van der Waals surface area contributed by atoms with Crippen LogP contribution in [0.3, 0.4) is 0 Å². The van der Waals surface area contributed by atoms with E-state index in [1.807, 2.05) is 19.1 Å². The molecule has 28 heavy (non-hydrogen) atoms. The predicted octanol–water partition coefficient (Wildman–Crippen LogP) is 4.40. The van der Waals surface area contributed by atoms with Gasteiger partial charge in [-0.25, -0.2) is 4.79 Å². The molecule has 1 fully saturated rings. The first-order valence-electron chi connectivity index (χ1n) is 9.93. The van der Waals surface area contributed by atoms with Crippen LogP contribution in [0.2, 0.25) is 0 Å². The number of hydrogen-bond acceptors (Lipinski definition) is 5. The number of fused-ring (bicyclic) bond motifs is 2. The van der Waals surface area contributed by atoms with Gasteiger partial charge >= 0.3 is 11.9 Å². The number of ether oxygens (including phenoxy) is 3. The van der Waals surface area contributed by atoms with Crippen molar-refractivity contribution in [3.63, 3.8) is 0 Å². The van der Waals surface area contributed by atoms with E-state index >= 15 is 0 Å². The standard InChI is InChI=1S/C23H30O5/c1-7-23(5,6)12-20(24)28-18-9-13(2)8-17-10-16(22(25)27-17)11-19-21(18)14(3)15(4)26-19/h9-10,17-19,21H,3-4,7-8,11-12H2,1-2,5-6H3/b13-9+/t17-,18-,19?,21+/m1/s1. The van der Waals surface area contributed by atoms with Gasteiger partial charge in [0.25, 0.3) is 0 Å². The molecule has 0 saturated carbocycles. The topological polar surface area (TPSA) is 61.8 Å². The Hall–Kier alpha value is -2.30. The van der Waals surface area contributed by atoms with E-state index < -0.39 is 6.10 Å². The van der Waals surface area contributed by atoms with Gasteiger partial charge in [0.1, 0.15) is 24.1 Å². The second-order valence-electron chi connectivity index (χ2n) is 8.84. The minimum atomic E-state index is -0.509. The Bertz CT molecular complexity index is 770. The van der Waals surface area contributed by atoms with Gasteiger partial charge in [-0.1, -0.05) is 45.9 Å². The van der Waals surface area contributed by atoms with Crippen LogP contribution in [0, 0.1) is 11.3 Å². The Morgan fingerprint density at radius 2 is 1.96 bits per heavy atom. The lowest BCUT2D eigenvalue weighted by Crippen LogP contribution is -2.34. The molecule has 4 atom stereocenters. The summed E-state index contributed by atoms with van der Waals surface area (Å²) in [5.74, 6) is -0.333. The molecule has 5 heteroatoms. The highest BCUT2D eigenvalue weighted by Gasteiger charge is 2.44. The van der Waals surface area contributed by atoms with Crippen molar-refractivity contribution in [3.05, 3.63) is 47.8 Å². The van der Waals surface area contributed by atoms with Gasteiger partial charge in [0, 0.05) is 18.4 Å². The van der Waals surface area contributed by atoms with Crippen molar-refractivity contribution in [3.8, 4) is 0 Å². The van der Waals surface area contributed by atoms with Gasteiger partial charge in [-0.2, -0.15) is 0 Å². The highest BCUT2D eigenvalue weighted by molar-refractivity contribution is 5.91.